The second-order valence-corrected chi connectivity index (χ2v) is 7.87. The molecule has 0 aliphatic rings. The summed E-state index contributed by atoms with van der Waals surface area (Å²) < 4.78 is 10.4. The number of amides is 3. The van der Waals surface area contributed by atoms with Crippen molar-refractivity contribution >= 4 is 23.4 Å². The van der Waals surface area contributed by atoms with Gasteiger partial charge in [0.1, 0.15) is 11.8 Å². The molecule has 0 aliphatic carbocycles. The van der Waals surface area contributed by atoms with E-state index < -0.39 is 17.9 Å². The molecule has 3 amide bonds. The van der Waals surface area contributed by atoms with Crippen LogP contribution < -0.4 is 15.5 Å². The maximum absolute atomic E-state index is 13.5. The largest absolute Gasteiger partial charge is 0.467 e. The Morgan fingerprint density at radius 3 is 2.20 bits per heavy atom. The summed E-state index contributed by atoms with van der Waals surface area (Å²) >= 11 is 0. The van der Waals surface area contributed by atoms with Gasteiger partial charge in [0.15, 0.2) is 5.76 Å². The van der Waals surface area contributed by atoms with E-state index in [1.54, 1.807) is 54.6 Å². The Bertz CT molecular complexity index is 1250. The van der Waals surface area contributed by atoms with Gasteiger partial charge in [0.25, 0.3) is 5.91 Å². The fourth-order valence-corrected chi connectivity index (χ4v) is 3.62. The molecule has 0 bridgehead atoms. The Labute approximate surface area is 202 Å². The van der Waals surface area contributed by atoms with Crippen molar-refractivity contribution in [3.05, 3.63) is 114 Å². The number of nitrogens with one attached hydrogen (secondary N) is 2. The molecule has 0 aliphatic heterocycles. The van der Waals surface area contributed by atoms with Crippen molar-refractivity contribution in [1.82, 2.24) is 10.6 Å². The van der Waals surface area contributed by atoms with Crippen molar-refractivity contribution in [2.45, 2.75) is 19.5 Å². The van der Waals surface area contributed by atoms with E-state index >= 15 is 0 Å². The molecule has 2 heterocycles. The van der Waals surface area contributed by atoms with Crippen LogP contribution in [0, 0.1) is 6.92 Å². The van der Waals surface area contributed by atoms with Gasteiger partial charge in [-0.3, -0.25) is 19.3 Å². The van der Waals surface area contributed by atoms with Crippen LogP contribution in [0.15, 0.2) is 100 Å². The smallest absolute Gasteiger partial charge is 0.287 e. The third-order valence-electron chi connectivity index (χ3n) is 5.36. The lowest BCUT2D eigenvalue weighted by Crippen LogP contribution is -2.47. The van der Waals surface area contributed by atoms with E-state index in [-0.39, 0.29) is 24.8 Å². The van der Waals surface area contributed by atoms with Crippen LogP contribution in [0.3, 0.4) is 0 Å². The van der Waals surface area contributed by atoms with Crippen LogP contribution in [0.25, 0.3) is 0 Å². The number of aryl methyl sites for hydroxylation is 1. The van der Waals surface area contributed by atoms with Crippen molar-refractivity contribution in [1.29, 1.82) is 0 Å². The number of hydrogen-bond donors (Lipinski definition) is 2. The molecule has 8 nitrogen and oxygen atoms in total. The predicted molar refractivity (Wildman–Crippen MR) is 129 cm³/mol. The van der Waals surface area contributed by atoms with Crippen molar-refractivity contribution in [2.24, 2.45) is 0 Å². The first-order chi connectivity index (χ1) is 17.0. The van der Waals surface area contributed by atoms with Crippen LogP contribution in [-0.2, 0) is 16.1 Å². The fourth-order valence-electron chi connectivity index (χ4n) is 3.62. The van der Waals surface area contributed by atoms with Gasteiger partial charge in [-0.25, -0.2) is 0 Å². The minimum Gasteiger partial charge on any atom is -0.467 e. The second kappa shape index (κ2) is 11.0. The van der Waals surface area contributed by atoms with Gasteiger partial charge in [0, 0.05) is 5.69 Å². The number of furan rings is 2. The van der Waals surface area contributed by atoms with Crippen LogP contribution in [0.1, 0.15) is 33.5 Å². The third kappa shape index (κ3) is 5.86. The van der Waals surface area contributed by atoms with Crippen LogP contribution in [0.2, 0.25) is 0 Å². The third-order valence-corrected chi connectivity index (χ3v) is 5.36. The van der Waals surface area contributed by atoms with Crippen molar-refractivity contribution in [2.75, 3.05) is 11.4 Å². The van der Waals surface area contributed by atoms with E-state index in [9.17, 15) is 14.4 Å². The van der Waals surface area contributed by atoms with Gasteiger partial charge in [0.2, 0.25) is 11.8 Å². The van der Waals surface area contributed by atoms with Crippen LogP contribution in [0.4, 0.5) is 5.69 Å². The van der Waals surface area contributed by atoms with E-state index in [1.165, 1.54) is 23.5 Å². The van der Waals surface area contributed by atoms with E-state index in [1.807, 2.05) is 25.1 Å². The quantitative estimate of drug-likeness (QED) is 0.384. The summed E-state index contributed by atoms with van der Waals surface area (Å²) in [5, 5.41) is 5.43. The first-order valence-corrected chi connectivity index (χ1v) is 11.1. The highest BCUT2D eigenvalue weighted by Gasteiger charge is 2.33. The van der Waals surface area contributed by atoms with E-state index in [0.717, 1.165) is 5.56 Å². The molecule has 0 unspecified atom stereocenters. The molecule has 1 atom stereocenters. The van der Waals surface area contributed by atoms with Gasteiger partial charge in [-0.05, 0) is 48.9 Å². The molecule has 2 N–H and O–H groups in total. The molecule has 4 rings (SSSR count). The zero-order valence-electron chi connectivity index (χ0n) is 19.1. The molecule has 8 heteroatoms. The Morgan fingerprint density at radius 1 is 0.829 bits per heavy atom. The summed E-state index contributed by atoms with van der Waals surface area (Å²) in [4.78, 5) is 40.8. The average molecular weight is 472 g/mol. The fraction of sp³-hybridized carbons (Fsp3) is 0.148. The number of carbonyl (C=O) groups excluding carboxylic acids is 3. The Morgan fingerprint density at radius 2 is 1.54 bits per heavy atom. The Balaban J connectivity index is 1.65. The van der Waals surface area contributed by atoms with Crippen LogP contribution >= 0.6 is 0 Å². The minimum absolute atomic E-state index is 0.0930. The van der Waals surface area contributed by atoms with E-state index in [4.69, 9.17) is 8.83 Å². The predicted octanol–water partition coefficient (Wildman–Crippen LogP) is 4.00. The average Bonchev–Trinajstić information content (AvgIpc) is 3.60. The zero-order valence-corrected chi connectivity index (χ0v) is 19.1. The highest BCUT2D eigenvalue weighted by Crippen LogP contribution is 2.28. The molecule has 178 valence electrons. The molecule has 35 heavy (non-hydrogen) atoms. The lowest BCUT2D eigenvalue weighted by molar-refractivity contribution is -0.126. The van der Waals surface area contributed by atoms with Gasteiger partial charge in [-0.2, -0.15) is 0 Å². The summed E-state index contributed by atoms with van der Waals surface area (Å²) in [6.45, 7) is 1.77. The Kier molecular flexibility index (Phi) is 7.42. The zero-order chi connectivity index (χ0) is 24.6. The number of benzene rings is 2. The van der Waals surface area contributed by atoms with Gasteiger partial charge in [-0.15, -0.1) is 0 Å². The minimum atomic E-state index is -0.984. The van der Waals surface area contributed by atoms with Crippen molar-refractivity contribution in [3.63, 3.8) is 0 Å². The molecular weight excluding hydrogens is 446 g/mol. The number of nitrogens with zero attached hydrogens (tertiary/aromatic N) is 1. The second-order valence-electron chi connectivity index (χ2n) is 7.87. The maximum atomic E-state index is 13.5. The monoisotopic (exact) mass is 471 g/mol. The SMILES string of the molecule is Cc1ccc(N(C(=O)CNC(=O)c2ccco2)[C@@H](C(=O)NCc2ccco2)c2ccccc2)cc1. The van der Waals surface area contributed by atoms with Gasteiger partial charge < -0.3 is 19.5 Å². The van der Waals surface area contributed by atoms with E-state index in [0.29, 0.717) is 17.0 Å². The van der Waals surface area contributed by atoms with Crippen molar-refractivity contribution < 1.29 is 23.2 Å². The number of hydrogen-bond acceptors (Lipinski definition) is 5. The summed E-state index contributed by atoms with van der Waals surface area (Å²) in [5.41, 5.74) is 2.15. The van der Waals surface area contributed by atoms with Gasteiger partial charge in [0.05, 0.1) is 25.6 Å². The Hall–Kier alpha value is -4.59. The molecule has 2 aromatic heterocycles. The maximum Gasteiger partial charge on any atom is 0.287 e. The molecule has 0 fully saturated rings. The first kappa shape index (κ1) is 23.6. The highest BCUT2D eigenvalue weighted by atomic mass is 16.3. The van der Waals surface area contributed by atoms with Crippen molar-refractivity contribution in [3.8, 4) is 0 Å². The molecule has 0 saturated carbocycles. The van der Waals surface area contributed by atoms with E-state index in [2.05, 4.69) is 10.6 Å². The summed E-state index contributed by atoms with van der Waals surface area (Å²) in [6.07, 6.45) is 2.91. The lowest BCUT2D eigenvalue weighted by Gasteiger charge is -2.31. The van der Waals surface area contributed by atoms with Gasteiger partial charge >= 0.3 is 0 Å². The molecule has 2 aromatic carbocycles. The lowest BCUT2D eigenvalue weighted by atomic mass is 10.0. The molecule has 0 spiro atoms. The normalized spacial score (nSPS) is 11.5. The standard InChI is InChI=1S/C27H25N3O5/c1-19-11-13-21(14-12-19)30(24(31)18-29-26(32)23-10-6-16-35-23)25(20-7-3-2-4-8-20)27(33)28-17-22-9-5-15-34-22/h2-16,25H,17-18H2,1H3,(H,28,33)(H,29,32)/t25-/m1/s1. The molecule has 0 radical (unpaired) electrons. The number of rotatable bonds is 9. The van der Waals surface area contributed by atoms with Crippen LogP contribution in [-0.4, -0.2) is 24.3 Å². The molecule has 0 saturated heterocycles. The molecule has 4 aromatic rings. The first-order valence-electron chi connectivity index (χ1n) is 11.1. The summed E-state index contributed by atoms with van der Waals surface area (Å²) in [5.74, 6) is -0.694. The number of anilines is 1. The number of carbonyl (C=O) groups is 3. The van der Waals surface area contributed by atoms with Crippen LogP contribution in [0.5, 0.6) is 0 Å². The summed E-state index contributed by atoms with van der Waals surface area (Å²) in [7, 11) is 0. The van der Waals surface area contributed by atoms with Gasteiger partial charge in [-0.1, -0.05) is 48.0 Å². The topological polar surface area (TPSA) is 105 Å². The highest BCUT2D eigenvalue weighted by molar-refractivity contribution is 6.04. The summed E-state index contributed by atoms with van der Waals surface area (Å²) in [6, 6.07) is 21.9. The molecular formula is C27H25N3O5.